The van der Waals surface area contributed by atoms with Crippen LogP contribution in [0.4, 0.5) is 0 Å². The molecule has 13 heavy (non-hydrogen) atoms. The van der Waals surface area contributed by atoms with Crippen LogP contribution in [0.3, 0.4) is 0 Å². The van der Waals surface area contributed by atoms with E-state index in [1.165, 1.54) is 0 Å². The quantitative estimate of drug-likeness (QED) is 0.550. The summed E-state index contributed by atoms with van der Waals surface area (Å²) in [6.45, 7) is 1.13. The van der Waals surface area contributed by atoms with Crippen molar-refractivity contribution < 1.29 is 29.7 Å². The monoisotopic (exact) mass is 188 g/mol. The molecule has 6 heteroatoms. The lowest BCUT2D eigenvalue weighted by atomic mass is 10.1. The Bertz CT molecular complexity index is 273. The molecule has 1 aliphatic carbocycles. The SMILES string of the molecule is CC1(C(=O)O)C(C(=O)O)C1C(=O)O. The van der Waals surface area contributed by atoms with Crippen molar-refractivity contribution in [2.75, 3.05) is 0 Å². The molecule has 3 N–H and O–H groups in total. The topological polar surface area (TPSA) is 112 Å². The van der Waals surface area contributed by atoms with Crippen LogP contribution in [0.15, 0.2) is 0 Å². The standard InChI is InChI=1S/C7H8O6/c1-7(6(12)13)2(4(8)9)3(7)5(10)11/h2-3H,1H3,(H,8,9)(H,10,11)(H,12,13). The first-order valence-corrected chi connectivity index (χ1v) is 3.52. The highest BCUT2D eigenvalue weighted by atomic mass is 16.4. The van der Waals surface area contributed by atoms with E-state index in [-0.39, 0.29) is 0 Å². The molecule has 1 fully saturated rings. The van der Waals surface area contributed by atoms with E-state index >= 15 is 0 Å². The fourth-order valence-electron chi connectivity index (χ4n) is 1.58. The van der Waals surface area contributed by atoms with Crippen LogP contribution in [0, 0.1) is 17.3 Å². The second-order valence-electron chi connectivity index (χ2n) is 3.22. The number of hydrogen-bond acceptors (Lipinski definition) is 3. The Morgan fingerprint density at radius 1 is 1.00 bits per heavy atom. The molecular formula is C7H8O6. The van der Waals surface area contributed by atoms with Gasteiger partial charge in [0.1, 0.15) is 0 Å². The van der Waals surface area contributed by atoms with Crippen molar-refractivity contribution in [2.45, 2.75) is 6.92 Å². The Labute approximate surface area is 72.8 Å². The molecule has 1 aliphatic rings. The van der Waals surface area contributed by atoms with E-state index in [1.807, 2.05) is 0 Å². The van der Waals surface area contributed by atoms with Gasteiger partial charge in [0, 0.05) is 0 Å². The Morgan fingerprint density at radius 3 is 1.38 bits per heavy atom. The van der Waals surface area contributed by atoms with Gasteiger partial charge in [0.15, 0.2) is 0 Å². The van der Waals surface area contributed by atoms with Crippen molar-refractivity contribution in [3.8, 4) is 0 Å². The molecule has 2 atom stereocenters. The highest BCUT2D eigenvalue weighted by molar-refractivity contribution is 5.98. The van der Waals surface area contributed by atoms with Gasteiger partial charge in [0.25, 0.3) is 0 Å². The van der Waals surface area contributed by atoms with E-state index in [2.05, 4.69) is 0 Å². The first-order valence-electron chi connectivity index (χ1n) is 3.52. The third-order valence-corrected chi connectivity index (χ3v) is 2.51. The van der Waals surface area contributed by atoms with Crippen LogP contribution in [0.25, 0.3) is 0 Å². The molecule has 0 aromatic rings. The second-order valence-corrected chi connectivity index (χ2v) is 3.22. The fraction of sp³-hybridized carbons (Fsp3) is 0.571. The van der Waals surface area contributed by atoms with Crippen LogP contribution in [0.1, 0.15) is 6.92 Å². The lowest BCUT2D eigenvalue weighted by Gasteiger charge is -2.00. The summed E-state index contributed by atoms with van der Waals surface area (Å²) >= 11 is 0. The largest absolute Gasteiger partial charge is 0.481 e. The summed E-state index contributed by atoms with van der Waals surface area (Å²) in [5, 5.41) is 25.7. The first kappa shape index (κ1) is 9.50. The summed E-state index contributed by atoms with van der Waals surface area (Å²) in [6.07, 6.45) is 0. The molecule has 72 valence electrons. The maximum Gasteiger partial charge on any atom is 0.311 e. The van der Waals surface area contributed by atoms with Crippen molar-refractivity contribution in [1.82, 2.24) is 0 Å². The Morgan fingerprint density at radius 2 is 1.31 bits per heavy atom. The van der Waals surface area contributed by atoms with E-state index in [4.69, 9.17) is 15.3 Å². The van der Waals surface area contributed by atoms with Crippen LogP contribution in [-0.4, -0.2) is 33.2 Å². The minimum atomic E-state index is -1.66. The van der Waals surface area contributed by atoms with Gasteiger partial charge in [0.2, 0.25) is 0 Å². The van der Waals surface area contributed by atoms with E-state index in [0.717, 1.165) is 6.92 Å². The molecule has 0 aromatic carbocycles. The summed E-state index contributed by atoms with van der Waals surface area (Å²) in [7, 11) is 0. The molecule has 0 heterocycles. The molecular weight excluding hydrogens is 180 g/mol. The van der Waals surface area contributed by atoms with Gasteiger partial charge in [-0.15, -0.1) is 0 Å². The van der Waals surface area contributed by atoms with Crippen molar-refractivity contribution >= 4 is 17.9 Å². The van der Waals surface area contributed by atoms with Gasteiger partial charge < -0.3 is 15.3 Å². The molecule has 0 bridgehead atoms. The molecule has 0 aromatic heterocycles. The number of hydrogen-bond donors (Lipinski definition) is 3. The van der Waals surface area contributed by atoms with Gasteiger partial charge in [-0.05, 0) is 6.92 Å². The Hall–Kier alpha value is -1.59. The van der Waals surface area contributed by atoms with E-state index in [1.54, 1.807) is 0 Å². The van der Waals surface area contributed by atoms with Crippen molar-refractivity contribution in [2.24, 2.45) is 17.3 Å². The molecule has 0 amide bonds. The van der Waals surface area contributed by atoms with Gasteiger partial charge in [-0.1, -0.05) is 0 Å². The average molecular weight is 188 g/mol. The van der Waals surface area contributed by atoms with Gasteiger partial charge in [-0.2, -0.15) is 0 Å². The third kappa shape index (κ3) is 1.06. The lowest BCUT2D eigenvalue weighted by molar-refractivity contribution is -0.149. The minimum Gasteiger partial charge on any atom is -0.481 e. The summed E-state index contributed by atoms with van der Waals surface area (Å²) in [4.78, 5) is 31.5. The zero-order valence-corrected chi connectivity index (χ0v) is 6.72. The van der Waals surface area contributed by atoms with Crippen molar-refractivity contribution in [3.63, 3.8) is 0 Å². The summed E-state index contributed by atoms with van der Waals surface area (Å²) in [5.41, 5.74) is -1.66. The summed E-state index contributed by atoms with van der Waals surface area (Å²) < 4.78 is 0. The van der Waals surface area contributed by atoms with E-state index < -0.39 is 35.2 Å². The molecule has 1 rings (SSSR count). The number of carboxylic acid groups (broad SMARTS) is 3. The predicted molar refractivity (Wildman–Crippen MR) is 38.0 cm³/mol. The molecule has 1 saturated carbocycles. The average Bonchev–Trinajstić information content (AvgIpc) is 2.58. The van der Waals surface area contributed by atoms with Crippen molar-refractivity contribution in [3.05, 3.63) is 0 Å². The molecule has 0 spiro atoms. The smallest absolute Gasteiger partial charge is 0.311 e. The molecule has 6 nitrogen and oxygen atoms in total. The number of carbonyl (C=O) groups is 3. The number of rotatable bonds is 3. The highest BCUT2D eigenvalue weighted by Crippen LogP contribution is 2.58. The van der Waals surface area contributed by atoms with Crippen LogP contribution in [0.2, 0.25) is 0 Å². The van der Waals surface area contributed by atoms with Gasteiger partial charge >= 0.3 is 17.9 Å². The second kappa shape index (κ2) is 2.45. The van der Waals surface area contributed by atoms with Crippen LogP contribution in [-0.2, 0) is 14.4 Å². The summed E-state index contributed by atoms with van der Waals surface area (Å²) in [5.74, 6) is -6.77. The zero-order valence-electron chi connectivity index (χ0n) is 6.72. The van der Waals surface area contributed by atoms with E-state index in [0.29, 0.717) is 0 Å². The van der Waals surface area contributed by atoms with E-state index in [9.17, 15) is 14.4 Å². The van der Waals surface area contributed by atoms with Gasteiger partial charge in [-0.3, -0.25) is 14.4 Å². The lowest BCUT2D eigenvalue weighted by Crippen LogP contribution is -2.18. The fourth-order valence-corrected chi connectivity index (χ4v) is 1.58. The number of carboxylic acids is 3. The first-order chi connectivity index (χ1) is 5.83. The Kier molecular flexibility index (Phi) is 1.79. The number of aliphatic carboxylic acids is 3. The van der Waals surface area contributed by atoms with Crippen molar-refractivity contribution in [1.29, 1.82) is 0 Å². The molecule has 2 unspecified atom stereocenters. The zero-order chi connectivity index (χ0) is 10.4. The maximum atomic E-state index is 10.6. The minimum absolute atomic E-state index is 1.13. The maximum absolute atomic E-state index is 10.6. The Balaban J connectivity index is 2.96. The molecule has 0 aliphatic heterocycles. The van der Waals surface area contributed by atoms with Gasteiger partial charge in [-0.25, -0.2) is 0 Å². The van der Waals surface area contributed by atoms with Gasteiger partial charge in [0.05, 0.1) is 17.3 Å². The predicted octanol–water partition coefficient (Wildman–Crippen LogP) is -0.508. The van der Waals surface area contributed by atoms with Crippen LogP contribution in [0.5, 0.6) is 0 Å². The van der Waals surface area contributed by atoms with Crippen LogP contribution >= 0.6 is 0 Å². The third-order valence-electron chi connectivity index (χ3n) is 2.51. The van der Waals surface area contributed by atoms with Crippen LogP contribution < -0.4 is 0 Å². The molecule has 0 saturated heterocycles. The highest BCUT2D eigenvalue weighted by Gasteiger charge is 2.74. The molecule has 0 radical (unpaired) electrons. The summed E-state index contributed by atoms with van der Waals surface area (Å²) in [6, 6.07) is 0. The normalized spacial score (nSPS) is 36.7.